The summed E-state index contributed by atoms with van der Waals surface area (Å²) in [7, 11) is 0. The topological polar surface area (TPSA) is 137 Å². The maximum Gasteiger partial charge on any atom is 0.327 e. The lowest BCUT2D eigenvalue weighted by atomic mass is 10.2. The standard InChI is InChI=1S/C12H20N4O5S/c17-9(4-15-11(19)7-2-1-3-13-7)14-5-10(18)16-8(6-22)12(20)21/h7-8,13,22H,1-6H2,(H,14,17)(H,15,19)(H,16,18)(H,20,21). The van der Waals surface area contributed by atoms with E-state index in [0.717, 1.165) is 19.4 Å². The number of rotatable bonds is 8. The Kier molecular flexibility index (Phi) is 7.67. The van der Waals surface area contributed by atoms with E-state index in [1.54, 1.807) is 0 Å². The SMILES string of the molecule is O=C(CNC(=O)C1CCCN1)NCC(=O)NC(CS)C(=O)O. The molecule has 0 saturated carbocycles. The Hall–Kier alpha value is -1.81. The maximum absolute atomic E-state index is 11.6. The van der Waals surface area contributed by atoms with E-state index in [2.05, 4.69) is 33.9 Å². The van der Waals surface area contributed by atoms with Crippen molar-refractivity contribution in [3.05, 3.63) is 0 Å². The molecular formula is C12H20N4O5S. The number of carboxylic acid groups (broad SMARTS) is 1. The van der Waals surface area contributed by atoms with Crippen LogP contribution in [0.4, 0.5) is 0 Å². The molecular weight excluding hydrogens is 312 g/mol. The molecule has 0 bridgehead atoms. The molecule has 2 unspecified atom stereocenters. The second-order valence-corrected chi connectivity index (χ2v) is 5.15. The van der Waals surface area contributed by atoms with E-state index in [1.165, 1.54) is 0 Å². The Morgan fingerprint density at radius 3 is 2.41 bits per heavy atom. The van der Waals surface area contributed by atoms with Crippen LogP contribution < -0.4 is 21.3 Å². The highest BCUT2D eigenvalue weighted by molar-refractivity contribution is 7.80. The normalized spacial score (nSPS) is 18.3. The Bertz CT molecular complexity index is 439. The average Bonchev–Trinajstić information content (AvgIpc) is 3.02. The first kappa shape index (κ1) is 18.2. The molecule has 3 amide bonds. The molecule has 10 heteroatoms. The molecule has 0 aromatic heterocycles. The fourth-order valence-corrected chi connectivity index (χ4v) is 2.12. The van der Waals surface area contributed by atoms with Gasteiger partial charge in [0, 0.05) is 5.75 Å². The molecule has 1 saturated heterocycles. The van der Waals surface area contributed by atoms with Crippen molar-refractivity contribution in [2.45, 2.75) is 24.9 Å². The molecule has 5 N–H and O–H groups in total. The number of carbonyl (C=O) groups is 4. The van der Waals surface area contributed by atoms with Crippen molar-refractivity contribution in [2.24, 2.45) is 0 Å². The highest BCUT2D eigenvalue weighted by atomic mass is 32.1. The van der Waals surface area contributed by atoms with Crippen LogP contribution >= 0.6 is 12.6 Å². The molecule has 1 aliphatic heterocycles. The van der Waals surface area contributed by atoms with Gasteiger partial charge in [-0.3, -0.25) is 14.4 Å². The van der Waals surface area contributed by atoms with E-state index in [4.69, 9.17) is 5.11 Å². The van der Waals surface area contributed by atoms with Crippen LogP contribution in [0.1, 0.15) is 12.8 Å². The lowest BCUT2D eigenvalue weighted by Gasteiger charge is -2.13. The third-order valence-corrected chi connectivity index (χ3v) is 3.43. The Morgan fingerprint density at radius 2 is 1.86 bits per heavy atom. The van der Waals surface area contributed by atoms with Gasteiger partial charge in [0.25, 0.3) is 0 Å². The van der Waals surface area contributed by atoms with Crippen molar-refractivity contribution in [2.75, 3.05) is 25.4 Å². The highest BCUT2D eigenvalue weighted by Crippen LogP contribution is 2.03. The molecule has 9 nitrogen and oxygen atoms in total. The monoisotopic (exact) mass is 332 g/mol. The second kappa shape index (κ2) is 9.26. The van der Waals surface area contributed by atoms with Gasteiger partial charge in [-0.05, 0) is 19.4 Å². The fraction of sp³-hybridized carbons (Fsp3) is 0.667. The minimum atomic E-state index is -1.20. The Morgan fingerprint density at radius 1 is 1.18 bits per heavy atom. The summed E-state index contributed by atoms with van der Waals surface area (Å²) in [6.07, 6.45) is 1.65. The quantitative estimate of drug-likeness (QED) is 0.271. The molecule has 0 spiro atoms. The predicted octanol–water partition coefficient (Wildman–Crippen LogP) is -2.53. The summed E-state index contributed by atoms with van der Waals surface area (Å²) >= 11 is 3.80. The summed E-state index contributed by atoms with van der Waals surface area (Å²) in [6, 6.07) is -1.39. The minimum Gasteiger partial charge on any atom is -0.480 e. The number of hydrogen-bond donors (Lipinski definition) is 6. The Balaban J connectivity index is 2.20. The average molecular weight is 332 g/mol. The summed E-state index contributed by atoms with van der Waals surface area (Å²) in [5.74, 6) is -2.68. The third-order valence-electron chi connectivity index (χ3n) is 3.06. The van der Waals surface area contributed by atoms with Crippen LogP contribution in [0, 0.1) is 0 Å². The largest absolute Gasteiger partial charge is 0.480 e. The molecule has 124 valence electrons. The van der Waals surface area contributed by atoms with Crippen molar-refractivity contribution in [1.82, 2.24) is 21.3 Å². The van der Waals surface area contributed by atoms with Crippen molar-refractivity contribution < 1.29 is 24.3 Å². The predicted molar refractivity (Wildman–Crippen MR) is 80.5 cm³/mol. The summed E-state index contributed by atoms with van der Waals surface area (Å²) in [6.45, 7) is 0.174. The number of aliphatic carboxylic acids is 1. The van der Waals surface area contributed by atoms with Gasteiger partial charge in [-0.1, -0.05) is 0 Å². The van der Waals surface area contributed by atoms with Crippen LogP contribution in [0.15, 0.2) is 0 Å². The van der Waals surface area contributed by atoms with Gasteiger partial charge in [0.2, 0.25) is 17.7 Å². The zero-order chi connectivity index (χ0) is 16.5. The van der Waals surface area contributed by atoms with E-state index in [9.17, 15) is 19.2 Å². The van der Waals surface area contributed by atoms with E-state index in [0.29, 0.717) is 0 Å². The molecule has 1 fully saturated rings. The van der Waals surface area contributed by atoms with E-state index >= 15 is 0 Å². The van der Waals surface area contributed by atoms with Crippen molar-refractivity contribution >= 4 is 36.3 Å². The number of carbonyl (C=O) groups excluding carboxylic acids is 3. The van der Waals surface area contributed by atoms with E-state index in [1.807, 2.05) is 0 Å². The minimum absolute atomic E-state index is 0.0561. The van der Waals surface area contributed by atoms with Crippen LogP contribution in [0.3, 0.4) is 0 Å². The second-order valence-electron chi connectivity index (χ2n) is 4.78. The van der Waals surface area contributed by atoms with Gasteiger partial charge in [-0.2, -0.15) is 12.6 Å². The zero-order valence-electron chi connectivity index (χ0n) is 11.9. The number of carboxylic acids is 1. The molecule has 1 rings (SSSR count). The van der Waals surface area contributed by atoms with Crippen molar-refractivity contribution in [3.63, 3.8) is 0 Å². The maximum atomic E-state index is 11.6. The van der Waals surface area contributed by atoms with E-state index < -0.39 is 23.8 Å². The summed E-state index contributed by atoms with van der Waals surface area (Å²) in [4.78, 5) is 45.3. The molecule has 22 heavy (non-hydrogen) atoms. The number of amides is 3. The molecule has 0 aromatic rings. The number of nitrogens with one attached hydrogen (secondary N) is 4. The van der Waals surface area contributed by atoms with Crippen LogP contribution in [-0.2, 0) is 19.2 Å². The highest BCUT2D eigenvalue weighted by Gasteiger charge is 2.22. The van der Waals surface area contributed by atoms with Gasteiger partial charge in [-0.15, -0.1) is 0 Å². The Labute approximate surface area is 133 Å². The van der Waals surface area contributed by atoms with Gasteiger partial charge in [0.15, 0.2) is 0 Å². The zero-order valence-corrected chi connectivity index (χ0v) is 12.8. The van der Waals surface area contributed by atoms with Gasteiger partial charge in [0.05, 0.1) is 19.1 Å². The lowest BCUT2D eigenvalue weighted by Crippen LogP contribution is -2.48. The first-order chi connectivity index (χ1) is 10.4. The van der Waals surface area contributed by atoms with Crippen LogP contribution in [0.2, 0.25) is 0 Å². The first-order valence-corrected chi connectivity index (χ1v) is 7.48. The molecule has 1 heterocycles. The lowest BCUT2D eigenvalue weighted by molar-refractivity contribution is -0.141. The molecule has 0 radical (unpaired) electrons. The van der Waals surface area contributed by atoms with Crippen molar-refractivity contribution in [3.8, 4) is 0 Å². The summed E-state index contributed by atoms with van der Waals surface area (Å²) in [5.41, 5.74) is 0. The van der Waals surface area contributed by atoms with Crippen LogP contribution in [0.25, 0.3) is 0 Å². The van der Waals surface area contributed by atoms with Gasteiger partial charge in [-0.25, -0.2) is 4.79 Å². The van der Waals surface area contributed by atoms with Crippen LogP contribution in [0.5, 0.6) is 0 Å². The third kappa shape index (κ3) is 6.31. The molecule has 1 aliphatic rings. The number of hydrogen-bond acceptors (Lipinski definition) is 6. The molecule has 0 aromatic carbocycles. The van der Waals surface area contributed by atoms with Gasteiger partial charge >= 0.3 is 5.97 Å². The summed E-state index contributed by atoms with van der Waals surface area (Å²) < 4.78 is 0. The van der Waals surface area contributed by atoms with Gasteiger partial charge in [0.1, 0.15) is 6.04 Å². The smallest absolute Gasteiger partial charge is 0.327 e. The van der Waals surface area contributed by atoms with E-state index in [-0.39, 0.29) is 30.8 Å². The number of thiol groups is 1. The molecule has 0 aliphatic carbocycles. The van der Waals surface area contributed by atoms with Crippen LogP contribution in [-0.4, -0.2) is 66.3 Å². The van der Waals surface area contributed by atoms with Crippen molar-refractivity contribution in [1.29, 1.82) is 0 Å². The fourth-order valence-electron chi connectivity index (χ4n) is 1.87. The molecule has 2 atom stereocenters. The first-order valence-electron chi connectivity index (χ1n) is 6.85. The summed E-state index contributed by atoms with van der Waals surface area (Å²) in [5, 5.41) is 18.7. The van der Waals surface area contributed by atoms with Gasteiger partial charge < -0.3 is 26.4 Å².